The standard InChI is InChI=1S/C15H23F2NO/c1-5-9-18-13(15(2,3)4)11-7-6-8-12(10-11)19-14(16)17/h6-8,10,13-14,18H,5,9H2,1-4H3. The van der Waals surface area contributed by atoms with E-state index in [4.69, 9.17) is 0 Å². The van der Waals surface area contributed by atoms with Crippen LogP contribution in [0.2, 0.25) is 0 Å². The largest absolute Gasteiger partial charge is 0.435 e. The third kappa shape index (κ3) is 5.15. The number of hydrogen-bond donors (Lipinski definition) is 1. The number of nitrogens with one attached hydrogen (secondary N) is 1. The topological polar surface area (TPSA) is 21.3 Å². The quantitative estimate of drug-likeness (QED) is 0.829. The molecule has 0 fully saturated rings. The van der Waals surface area contributed by atoms with Crippen LogP contribution in [0.5, 0.6) is 5.75 Å². The van der Waals surface area contributed by atoms with Crippen LogP contribution < -0.4 is 10.1 Å². The summed E-state index contributed by atoms with van der Waals surface area (Å²) in [5.41, 5.74) is 0.970. The van der Waals surface area contributed by atoms with Crippen LogP contribution >= 0.6 is 0 Å². The van der Waals surface area contributed by atoms with Crippen LogP contribution in [0.1, 0.15) is 45.7 Å². The Hall–Kier alpha value is -1.16. The van der Waals surface area contributed by atoms with E-state index in [0.29, 0.717) is 0 Å². The summed E-state index contributed by atoms with van der Waals surface area (Å²) in [6.45, 7) is 6.58. The van der Waals surface area contributed by atoms with E-state index >= 15 is 0 Å². The van der Waals surface area contributed by atoms with E-state index in [1.165, 1.54) is 0 Å². The van der Waals surface area contributed by atoms with E-state index < -0.39 is 6.61 Å². The molecule has 108 valence electrons. The van der Waals surface area contributed by atoms with E-state index in [9.17, 15) is 8.78 Å². The zero-order valence-corrected chi connectivity index (χ0v) is 12.0. The van der Waals surface area contributed by atoms with E-state index in [1.54, 1.807) is 18.2 Å². The third-order valence-electron chi connectivity index (χ3n) is 2.88. The molecule has 0 aliphatic heterocycles. The molecule has 1 aromatic carbocycles. The molecule has 4 heteroatoms. The maximum atomic E-state index is 12.3. The molecule has 0 spiro atoms. The van der Waals surface area contributed by atoms with Gasteiger partial charge in [-0.2, -0.15) is 8.78 Å². The summed E-state index contributed by atoms with van der Waals surface area (Å²) in [5.74, 6) is 0.208. The van der Waals surface area contributed by atoms with Crippen LogP contribution in [-0.2, 0) is 0 Å². The molecule has 19 heavy (non-hydrogen) atoms. The molecule has 0 saturated carbocycles. The van der Waals surface area contributed by atoms with Gasteiger partial charge in [0, 0.05) is 6.04 Å². The Kier molecular flexibility index (Phi) is 5.73. The number of halogens is 2. The van der Waals surface area contributed by atoms with E-state index in [1.807, 2.05) is 6.07 Å². The Labute approximate surface area is 114 Å². The average molecular weight is 271 g/mol. The van der Waals surface area contributed by atoms with Crippen molar-refractivity contribution in [3.63, 3.8) is 0 Å². The summed E-state index contributed by atoms with van der Waals surface area (Å²) >= 11 is 0. The van der Waals surface area contributed by atoms with Gasteiger partial charge < -0.3 is 10.1 Å². The minimum Gasteiger partial charge on any atom is -0.435 e. The first-order chi connectivity index (χ1) is 8.84. The van der Waals surface area contributed by atoms with Crippen molar-refractivity contribution in [3.05, 3.63) is 29.8 Å². The molecule has 0 saturated heterocycles. The van der Waals surface area contributed by atoms with E-state index in [-0.39, 0.29) is 17.2 Å². The number of hydrogen-bond acceptors (Lipinski definition) is 2. The molecule has 0 aliphatic rings. The first-order valence-corrected chi connectivity index (χ1v) is 6.62. The molecular weight excluding hydrogens is 248 g/mol. The van der Waals surface area contributed by atoms with Gasteiger partial charge in [0.25, 0.3) is 0 Å². The van der Waals surface area contributed by atoms with Crippen LogP contribution in [0.15, 0.2) is 24.3 Å². The zero-order chi connectivity index (χ0) is 14.5. The summed E-state index contributed by atoms with van der Waals surface area (Å²) in [7, 11) is 0. The molecule has 1 atom stereocenters. The highest BCUT2D eigenvalue weighted by Crippen LogP contribution is 2.34. The molecule has 1 rings (SSSR count). The molecule has 0 aromatic heterocycles. The first kappa shape index (κ1) is 15.9. The smallest absolute Gasteiger partial charge is 0.387 e. The van der Waals surface area contributed by atoms with E-state index in [2.05, 4.69) is 37.7 Å². The van der Waals surface area contributed by atoms with Crippen LogP contribution in [0.3, 0.4) is 0 Å². The second kappa shape index (κ2) is 6.85. The predicted octanol–water partition coefficient (Wildman–Crippen LogP) is 4.37. The fraction of sp³-hybridized carbons (Fsp3) is 0.600. The maximum Gasteiger partial charge on any atom is 0.387 e. The van der Waals surface area contributed by atoms with Crippen LogP contribution in [0, 0.1) is 5.41 Å². The molecule has 0 radical (unpaired) electrons. The lowest BCUT2D eigenvalue weighted by atomic mass is 9.82. The second-order valence-electron chi connectivity index (χ2n) is 5.70. The summed E-state index contributed by atoms with van der Waals surface area (Å²) < 4.78 is 29.0. The average Bonchev–Trinajstić information content (AvgIpc) is 2.27. The molecule has 0 heterocycles. The number of rotatable bonds is 6. The number of benzene rings is 1. The van der Waals surface area contributed by atoms with Gasteiger partial charge in [0.15, 0.2) is 0 Å². The SMILES string of the molecule is CCCNC(c1cccc(OC(F)F)c1)C(C)(C)C. The van der Waals surface area contributed by atoms with Crippen LogP contribution in [-0.4, -0.2) is 13.2 Å². The Morgan fingerprint density at radius 2 is 1.95 bits per heavy atom. The van der Waals surface area contributed by atoms with Crippen molar-refractivity contribution in [2.45, 2.75) is 46.8 Å². The van der Waals surface area contributed by atoms with Gasteiger partial charge in [0.2, 0.25) is 0 Å². The summed E-state index contributed by atoms with van der Waals surface area (Å²) in [6, 6.07) is 7.03. The van der Waals surface area contributed by atoms with Gasteiger partial charge in [-0.3, -0.25) is 0 Å². The highest BCUT2D eigenvalue weighted by Gasteiger charge is 2.25. The first-order valence-electron chi connectivity index (χ1n) is 6.62. The van der Waals surface area contributed by atoms with Crippen LogP contribution in [0.25, 0.3) is 0 Å². The van der Waals surface area contributed by atoms with Gasteiger partial charge in [-0.25, -0.2) is 0 Å². The Bertz CT molecular complexity index is 388. The van der Waals surface area contributed by atoms with Gasteiger partial charge in [-0.05, 0) is 36.1 Å². The van der Waals surface area contributed by atoms with Crippen molar-refractivity contribution in [1.82, 2.24) is 5.32 Å². The predicted molar refractivity (Wildman–Crippen MR) is 73.6 cm³/mol. The molecule has 0 amide bonds. The highest BCUT2D eigenvalue weighted by atomic mass is 19.3. The molecule has 1 unspecified atom stereocenters. The van der Waals surface area contributed by atoms with Gasteiger partial charge >= 0.3 is 6.61 Å². The normalized spacial score (nSPS) is 13.6. The molecule has 1 N–H and O–H groups in total. The van der Waals surface area contributed by atoms with Crippen molar-refractivity contribution in [3.8, 4) is 5.75 Å². The second-order valence-corrected chi connectivity index (χ2v) is 5.70. The Morgan fingerprint density at radius 3 is 2.47 bits per heavy atom. The van der Waals surface area contributed by atoms with Crippen LogP contribution in [0.4, 0.5) is 8.78 Å². The Balaban J connectivity index is 2.95. The number of alkyl halides is 2. The van der Waals surface area contributed by atoms with Gasteiger partial charge in [0.1, 0.15) is 5.75 Å². The lowest BCUT2D eigenvalue weighted by Crippen LogP contribution is -2.32. The fourth-order valence-corrected chi connectivity index (χ4v) is 2.08. The van der Waals surface area contributed by atoms with Gasteiger partial charge in [-0.15, -0.1) is 0 Å². The summed E-state index contributed by atoms with van der Waals surface area (Å²) in [6.07, 6.45) is 1.03. The zero-order valence-electron chi connectivity index (χ0n) is 12.0. The molecule has 0 aliphatic carbocycles. The molecule has 2 nitrogen and oxygen atoms in total. The van der Waals surface area contributed by atoms with Crippen molar-refractivity contribution >= 4 is 0 Å². The maximum absolute atomic E-state index is 12.3. The monoisotopic (exact) mass is 271 g/mol. The van der Waals surface area contributed by atoms with Crippen molar-refractivity contribution < 1.29 is 13.5 Å². The van der Waals surface area contributed by atoms with Crippen molar-refractivity contribution in [2.24, 2.45) is 5.41 Å². The van der Waals surface area contributed by atoms with Gasteiger partial charge in [0.05, 0.1) is 0 Å². The van der Waals surface area contributed by atoms with Gasteiger partial charge in [-0.1, -0.05) is 39.8 Å². The number of ether oxygens (including phenoxy) is 1. The fourth-order valence-electron chi connectivity index (χ4n) is 2.08. The molecule has 0 bridgehead atoms. The van der Waals surface area contributed by atoms with Crippen molar-refractivity contribution in [1.29, 1.82) is 0 Å². The third-order valence-corrected chi connectivity index (χ3v) is 2.88. The lowest BCUT2D eigenvalue weighted by Gasteiger charge is -2.32. The van der Waals surface area contributed by atoms with Crippen molar-refractivity contribution in [2.75, 3.05) is 6.54 Å². The highest BCUT2D eigenvalue weighted by molar-refractivity contribution is 5.31. The molecule has 1 aromatic rings. The van der Waals surface area contributed by atoms with E-state index in [0.717, 1.165) is 18.5 Å². The Morgan fingerprint density at radius 1 is 1.26 bits per heavy atom. The summed E-state index contributed by atoms with van der Waals surface area (Å²) in [5, 5.41) is 3.46. The summed E-state index contributed by atoms with van der Waals surface area (Å²) in [4.78, 5) is 0. The molecular formula is C15H23F2NO. The minimum absolute atomic E-state index is 0.00137. The minimum atomic E-state index is -2.79. The lowest BCUT2D eigenvalue weighted by molar-refractivity contribution is -0.0499.